The quantitative estimate of drug-likeness (QED) is 0.291. The fourth-order valence-electron chi connectivity index (χ4n) is 1.85. The molecule has 0 aliphatic carbocycles. The molecule has 0 aliphatic heterocycles. The van der Waals surface area contributed by atoms with E-state index >= 15 is 0 Å². The Morgan fingerprint density at radius 2 is 2.26 bits per heavy atom. The zero-order valence-electron chi connectivity index (χ0n) is 12.4. The van der Waals surface area contributed by atoms with Gasteiger partial charge in [-0.1, -0.05) is 11.8 Å². The number of hydrogen-bond acceptors (Lipinski definition) is 8. The van der Waals surface area contributed by atoms with E-state index in [2.05, 4.69) is 15.1 Å². The maximum Gasteiger partial charge on any atom is 0.313 e. The second kappa shape index (κ2) is 7.88. The summed E-state index contributed by atoms with van der Waals surface area (Å²) in [4.78, 5) is 41.6. The summed E-state index contributed by atoms with van der Waals surface area (Å²) in [5, 5.41) is 13.5. The number of esters is 1. The number of aliphatic hydroxyl groups is 1. The molecule has 0 spiro atoms. The number of hydrogen-bond donors (Lipinski definition) is 2. The van der Waals surface area contributed by atoms with Crippen LogP contribution in [0.3, 0.4) is 0 Å². The molecule has 0 saturated carbocycles. The first-order valence-corrected chi connectivity index (χ1v) is 7.90. The highest BCUT2D eigenvalue weighted by molar-refractivity contribution is 7.99. The Bertz CT molecular complexity index is 769. The topological polar surface area (TPSA) is 127 Å². The smallest absolute Gasteiger partial charge is 0.313 e. The van der Waals surface area contributed by atoms with Crippen molar-refractivity contribution in [2.24, 2.45) is 0 Å². The number of rotatable bonds is 8. The highest BCUT2D eigenvalue weighted by Crippen LogP contribution is 2.15. The monoisotopic (exact) mass is 340 g/mol. The molecule has 0 unspecified atom stereocenters. The van der Waals surface area contributed by atoms with Gasteiger partial charge in [-0.25, -0.2) is 9.67 Å². The minimum absolute atomic E-state index is 0.0125. The Morgan fingerprint density at radius 1 is 1.48 bits per heavy atom. The van der Waals surface area contributed by atoms with Crippen LogP contribution in [0, 0.1) is 0 Å². The van der Waals surface area contributed by atoms with Crippen LogP contribution < -0.4 is 5.56 Å². The van der Waals surface area contributed by atoms with Crippen LogP contribution >= 0.6 is 11.8 Å². The summed E-state index contributed by atoms with van der Waals surface area (Å²) in [5.74, 6) is -0.905. The summed E-state index contributed by atoms with van der Waals surface area (Å²) in [6.07, 6.45) is 1.06. The molecule has 2 N–H and O–H groups in total. The van der Waals surface area contributed by atoms with Gasteiger partial charge in [0.1, 0.15) is 11.8 Å². The summed E-state index contributed by atoms with van der Waals surface area (Å²) in [6, 6.07) is 0. The molecule has 2 rings (SSSR count). The number of ether oxygens (including phenoxy) is 1. The van der Waals surface area contributed by atoms with E-state index in [1.165, 1.54) is 10.9 Å². The SMILES string of the molecule is CCOC(=O)CC(=O)CSc1nc2c(cnn2CCO)c(=O)[nH]1. The predicted molar refractivity (Wildman–Crippen MR) is 82.2 cm³/mol. The second-order valence-electron chi connectivity index (χ2n) is 4.51. The lowest BCUT2D eigenvalue weighted by molar-refractivity contribution is -0.145. The van der Waals surface area contributed by atoms with E-state index < -0.39 is 5.97 Å². The van der Waals surface area contributed by atoms with E-state index in [0.29, 0.717) is 11.0 Å². The van der Waals surface area contributed by atoms with E-state index in [1.807, 2.05) is 0 Å². The van der Waals surface area contributed by atoms with Crippen LogP contribution in [-0.4, -0.2) is 55.6 Å². The molecule has 0 amide bonds. The van der Waals surface area contributed by atoms with Gasteiger partial charge in [0.25, 0.3) is 5.56 Å². The number of Topliss-reactive ketones (excluding diaryl/α,β-unsaturated/α-hetero) is 1. The molecule has 9 nitrogen and oxygen atoms in total. The van der Waals surface area contributed by atoms with Crippen LogP contribution in [0.5, 0.6) is 0 Å². The lowest BCUT2D eigenvalue weighted by Crippen LogP contribution is -2.14. The zero-order valence-corrected chi connectivity index (χ0v) is 13.3. The van der Waals surface area contributed by atoms with Crippen molar-refractivity contribution in [1.29, 1.82) is 0 Å². The third kappa shape index (κ3) is 4.39. The molecule has 10 heteroatoms. The van der Waals surface area contributed by atoms with E-state index in [0.717, 1.165) is 11.8 Å². The van der Waals surface area contributed by atoms with Crippen LogP contribution in [0.15, 0.2) is 16.1 Å². The number of thioether (sulfide) groups is 1. The van der Waals surface area contributed by atoms with Gasteiger partial charge in [-0.2, -0.15) is 5.10 Å². The van der Waals surface area contributed by atoms with Gasteiger partial charge < -0.3 is 14.8 Å². The van der Waals surface area contributed by atoms with Gasteiger partial charge in [0.2, 0.25) is 0 Å². The van der Waals surface area contributed by atoms with Gasteiger partial charge in [0.15, 0.2) is 16.6 Å². The molecule has 23 heavy (non-hydrogen) atoms. The minimum Gasteiger partial charge on any atom is -0.466 e. The average molecular weight is 340 g/mol. The first-order valence-electron chi connectivity index (χ1n) is 6.92. The molecule has 0 saturated heterocycles. The first kappa shape index (κ1) is 17.2. The molecule has 0 atom stereocenters. The molecule has 0 bridgehead atoms. The number of fused-ring (bicyclic) bond motifs is 1. The summed E-state index contributed by atoms with van der Waals surface area (Å²) < 4.78 is 6.11. The molecule has 2 aromatic heterocycles. The Kier molecular flexibility index (Phi) is 5.88. The number of carbonyl (C=O) groups excluding carboxylic acids is 2. The van der Waals surface area contributed by atoms with E-state index in [-0.39, 0.29) is 48.4 Å². The van der Waals surface area contributed by atoms with E-state index in [1.54, 1.807) is 6.92 Å². The van der Waals surface area contributed by atoms with Crippen molar-refractivity contribution < 1.29 is 19.4 Å². The number of nitrogens with zero attached hydrogens (tertiary/aromatic N) is 3. The molecule has 2 heterocycles. The molecule has 0 fully saturated rings. The van der Waals surface area contributed by atoms with Crippen LogP contribution in [0.2, 0.25) is 0 Å². The van der Waals surface area contributed by atoms with Gasteiger partial charge in [-0.15, -0.1) is 0 Å². The van der Waals surface area contributed by atoms with Crippen molar-refractivity contribution in [2.45, 2.75) is 25.0 Å². The van der Waals surface area contributed by atoms with Crippen molar-refractivity contribution in [3.05, 3.63) is 16.6 Å². The minimum atomic E-state index is -0.573. The maximum absolute atomic E-state index is 11.9. The molecule has 0 aromatic carbocycles. The molecular formula is C13H16N4O5S. The lowest BCUT2D eigenvalue weighted by atomic mass is 10.3. The number of nitrogens with one attached hydrogen (secondary N) is 1. The average Bonchev–Trinajstić information content (AvgIpc) is 2.89. The number of aromatic amines is 1. The Hall–Kier alpha value is -2.20. The molecule has 2 aromatic rings. The fraction of sp³-hybridized carbons (Fsp3) is 0.462. The van der Waals surface area contributed by atoms with Crippen molar-refractivity contribution in [2.75, 3.05) is 19.0 Å². The van der Waals surface area contributed by atoms with Crippen LogP contribution in [-0.2, 0) is 20.9 Å². The number of aromatic nitrogens is 4. The van der Waals surface area contributed by atoms with Crippen molar-refractivity contribution in [3.8, 4) is 0 Å². The summed E-state index contributed by atoms with van der Waals surface area (Å²) in [7, 11) is 0. The highest BCUT2D eigenvalue weighted by atomic mass is 32.2. The highest BCUT2D eigenvalue weighted by Gasteiger charge is 2.14. The largest absolute Gasteiger partial charge is 0.466 e. The third-order valence-corrected chi connectivity index (χ3v) is 3.75. The summed E-state index contributed by atoms with van der Waals surface area (Å²) in [5.41, 5.74) is -0.0392. The van der Waals surface area contributed by atoms with E-state index in [9.17, 15) is 14.4 Å². The summed E-state index contributed by atoms with van der Waals surface area (Å²) >= 11 is 1.02. The molecule has 0 radical (unpaired) electrons. The lowest BCUT2D eigenvalue weighted by Gasteiger charge is -2.03. The molecular weight excluding hydrogens is 324 g/mol. The Labute approximate surface area is 135 Å². The van der Waals surface area contributed by atoms with Gasteiger partial charge in [0.05, 0.1) is 31.7 Å². The zero-order chi connectivity index (χ0) is 16.8. The van der Waals surface area contributed by atoms with E-state index in [4.69, 9.17) is 9.84 Å². The van der Waals surface area contributed by atoms with Crippen molar-refractivity contribution in [3.63, 3.8) is 0 Å². The van der Waals surface area contributed by atoms with Gasteiger partial charge >= 0.3 is 5.97 Å². The standard InChI is InChI=1S/C13H16N4O5S/c1-2-22-10(20)5-8(19)7-23-13-15-11-9(12(21)16-13)6-14-17(11)3-4-18/h6,18H,2-5,7H2,1H3,(H,15,16,21). The first-order chi connectivity index (χ1) is 11.0. The van der Waals surface area contributed by atoms with Gasteiger partial charge in [-0.05, 0) is 6.92 Å². The second-order valence-corrected chi connectivity index (χ2v) is 5.47. The number of carbonyl (C=O) groups is 2. The van der Waals surface area contributed by atoms with Crippen LogP contribution in [0.1, 0.15) is 13.3 Å². The maximum atomic E-state index is 11.9. The van der Waals surface area contributed by atoms with Gasteiger partial charge in [0, 0.05) is 0 Å². The van der Waals surface area contributed by atoms with Gasteiger partial charge in [-0.3, -0.25) is 14.4 Å². The summed E-state index contributed by atoms with van der Waals surface area (Å²) in [6.45, 7) is 1.97. The third-order valence-electron chi connectivity index (χ3n) is 2.81. The Balaban J connectivity index is 2.08. The molecule has 0 aliphatic rings. The predicted octanol–water partition coefficient (Wildman–Crippen LogP) is -0.274. The number of ketones is 1. The van der Waals surface area contributed by atoms with Crippen molar-refractivity contribution >= 4 is 34.5 Å². The van der Waals surface area contributed by atoms with Crippen LogP contribution in [0.25, 0.3) is 11.0 Å². The Morgan fingerprint density at radius 3 is 2.96 bits per heavy atom. The number of aliphatic hydroxyl groups excluding tert-OH is 1. The normalized spacial score (nSPS) is 10.9. The van der Waals surface area contributed by atoms with Crippen LogP contribution in [0.4, 0.5) is 0 Å². The fourth-order valence-corrected chi connectivity index (χ4v) is 2.56. The molecule has 124 valence electrons. The number of H-pyrrole nitrogens is 1. The van der Waals surface area contributed by atoms with Crippen molar-refractivity contribution in [1.82, 2.24) is 19.7 Å².